The van der Waals surface area contributed by atoms with Gasteiger partial charge in [0.25, 0.3) is 5.91 Å². The maximum absolute atomic E-state index is 13.8. The molecule has 3 heterocycles. The number of likely N-dealkylation sites (tertiary alicyclic amines) is 1. The van der Waals surface area contributed by atoms with Gasteiger partial charge in [-0.1, -0.05) is 103 Å². The Labute approximate surface area is 369 Å². The number of piperidine rings is 1. The molecule has 63 heavy (non-hydrogen) atoms. The molecule has 6 N–H and O–H groups in total. The Morgan fingerprint density at radius 3 is 2.24 bits per heavy atom. The molecular weight excluding hydrogens is 813 g/mol. The van der Waals surface area contributed by atoms with Crippen molar-refractivity contribution in [3.05, 3.63) is 194 Å². The molecule has 5 aromatic carbocycles. The SMILES string of the molecule is O=C(NCc1cc(-c2ccc(C(O)(C(=O)OCC3CCN(Cc4ccccc4)CC3)c3ccccc3)cc2)cs1)c1ccc(CNCC(O)c2ccc(O)c3[nH]c(=O)ccc23)cc1. The number of aromatic amines is 1. The summed E-state index contributed by atoms with van der Waals surface area (Å²) in [6.45, 7) is 4.04. The maximum Gasteiger partial charge on any atom is 0.347 e. The van der Waals surface area contributed by atoms with Gasteiger partial charge in [0, 0.05) is 41.5 Å². The van der Waals surface area contributed by atoms with Crippen LogP contribution in [0.15, 0.2) is 150 Å². The zero-order valence-corrected chi connectivity index (χ0v) is 35.5. The molecule has 1 amide bonds. The molecule has 2 aromatic heterocycles. The van der Waals surface area contributed by atoms with E-state index in [0.29, 0.717) is 40.7 Å². The number of carbonyl (C=O) groups excluding carboxylic acids is 2. The van der Waals surface area contributed by atoms with Gasteiger partial charge in [-0.15, -0.1) is 11.3 Å². The number of aliphatic hydroxyl groups is 2. The quantitative estimate of drug-likeness (QED) is 0.0544. The Hall–Kier alpha value is -6.41. The second-order valence-corrected chi connectivity index (χ2v) is 17.1. The number of amides is 1. The summed E-state index contributed by atoms with van der Waals surface area (Å²) in [6.07, 6.45) is 0.951. The van der Waals surface area contributed by atoms with Crippen LogP contribution in [-0.2, 0) is 34.8 Å². The van der Waals surface area contributed by atoms with Gasteiger partial charge in [0.05, 0.1) is 24.8 Å². The molecule has 1 fully saturated rings. The van der Waals surface area contributed by atoms with Crippen molar-refractivity contribution in [1.82, 2.24) is 20.5 Å². The summed E-state index contributed by atoms with van der Waals surface area (Å²) in [5.74, 6) is -0.738. The summed E-state index contributed by atoms with van der Waals surface area (Å²) in [6, 6.07) is 42.0. The number of carbonyl (C=O) groups is 2. The topological polar surface area (TPSA) is 164 Å². The molecule has 2 atom stereocenters. The molecule has 0 bridgehead atoms. The number of aromatic nitrogens is 1. The minimum atomic E-state index is -1.98. The fourth-order valence-corrected chi connectivity index (χ4v) is 8.95. The second-order valence-electron chi connectivity index (χ2n) is 16.1. The molecule has 1 aliphatic heterocycles. The van der Waals surface area contributed by atoms with Gasteiger partial charge in [-0.05, 0) is 107 Å². The molecule has 322 valence electrons. The maximum atomic E-state index is 13.8. The number of fused-ring (bicyclic) bond motifs is 1. The number of phenolic OH excluding ortho intramolecular Hbond substituents is 1. The number of H-pyrrole nitrogens is 1. The first-order valence-electron chi connectivity index (χ1n) is 21.1. The van der Waals surface area contributed by atoms with Gasteiger partial charge in [0.1, 0.15) is 5.75 Å². The van der Waals surface area contributed by atoms with Crippen molar-refractivity contribution >= 4 is 34.1 Å². The Kier molecular flexibility index (Phi) is 13.6. The van der Waals surface area contributed by atoms with E-state index >= 15 is 0 Å². The Morgan fingerprint density at radius 2 is 1.51 bits per heavy atom. The fraction of sp³-hybridized carbons (Fsp3) is 0.235. The number of esters is 1. The summed E-state index contributed by atoms with van der Waals surface area (Å²) in [7, 11) is 0. The number of nitrogens with zero attached hydrogens (tertiary/aromatic N) is 1. The van der Waals surface area contributed by atoms with E-state index in [-0.39, 0.29) is 41.8 Å². The Morgan fingerprint density at radius 1 is 0.810 bits per heavy atom. The summed E-state index contributed by atoms with van der Waals surface area (Å²) < 4.78 is 5.90. The van der Waals surface area contributed by atoms with Crippen molar-refractivity contribution in [3.63, 3.8) is 0 Å². The van der Waals surface area contributed by atoms with Crippen LogP contribution in [0.5, 0.6) is 5.75 Å². The first-order chi connectivity index (χ1) is 30.6. The van der Waals surface area contributed by atoms with Crippen LogP contribution in [0.4, 0.5) is 0 Å². The lowest BCUT2D eigenvalue weighted by Gasteiger charge is -2.33. The standard InChI is InChI=1S/C51H50N4O7S/c56-45-21-19-43(44-20-22-47(58)54-48(44)45)46(57)30-52-28-34-11-13-38(14-12-34)49(59)53-29-42-27-39(33-63-42)37-15-17-41(18-16-37)51(61,40-9-5-2-6-10-40)50(60)62-32-36-23-25-55(26-24-36)31-35-7-3-1-4-8-35/h1-22,27,33,36,46,52,56-57,61H,23-26,28-32H2,(H,53,59)(H,54,58). The van der Waals surface area contributed by atoms with E-state index in [1.807, 2.05) is 47.8 Å². The van der Waals surface area contributed by atoms with E-state index in [0.717, 1.165) is 54.0 Å². The number of nitrogens with one attached hydrogen (secondary N) is 3. The minimum Gasteiger partial charge on any atom is -0.506 e. The molecule has 0 aliphatic carbocycles. The van der Waals surface area contributed by atoms with Gasteiger partial charge in [0.2, 0.25) is 11.2 Å². The predicted molar refractivity (Wildman–Crippen MR) is 245 cm³/mol. The van der Waals surface area contributed by atoms with Crippen molar-refractivity contribution in [1.29, 1.82) is 0 Å². The van der Waals surface area contributed by atoms with Crippen molar-refractivity contribution in [2.24, 2.45) is 5.92 Å². The first-order valence-corrected chi connectivity index (χ1v) is 22.0. The number of hydrogen-bond acceptors (Lipinski definition) is 10. The van der Waals surface area contributed by atoms with Crippen LogP contribution in [0.3, 0.4) is 0 Å². The lowest BCUT2D eigenvalue weighted by molar-refractivity contribution is -0.164. The zero-order chi connectivity index (χ0) is 43.8. The lowest BCUT2D eigenvalue weighted by Crippen LogP contribution is -2.40. The highest BCUT2D eigenvalue weighted by molar-refractivity contribution is 7.10. The molecule has 12 heteroatoms. The molecule has 1 aliphatic rings. The highest BCUT2D eigenvalue weighted by Gasteiger charge is 2.42. The molecule has 7 aromatic rings. The Bertz CT molecular complexity index is 2700. The zero-order valence-electron chi connectivity index (χ0n) is 34.7. The molecule has 2 unspecified atom stereocenters. The van der Waals surface area contributed by atoms with Crippen LogP contribution >= 0.6 is 11.3 Å². The number of rotatable bonds is 16. The van der Waals surface area contributed by atoms with E-state index in [1.165, 1.54) is 29.0 Å². The summed E-state index contributed by atoms with van der Waals surface area (Å²) in [5, 5.41) is 42.0. The number of benzene rings is 5. The highest BCUT2D eigenvalue weighted by atomic mass is 32.1. The van der Waals surface area contributed by atoms with Gasteiger partial charge < -0.3 is 35.7 Å². The highest BCUT2D eigenvalue weighted by Crippen LogP contribution is 2.35. The number of aromatic hydroxyl groups is 1. The lowest BCUT2D eigenvalue weighted by atomic mass is 9.85. The monoisotopic (exact) mass is 862 g/mol. The molecule has 11 nitrogen and oxygen atoms in total. The van der Waals surface area contributed by atoms with Crippen molar-refractivity contribution in [3.8, 4) is 16.9 Å². The molecule has 8 rings (SSSR count). The number of pyridine rings is 1. The van der Waals surface area contributed by atoms with Crippen molar-refractivity contribution < 1.29 is 29.6 Å². The summed E-state index contributed by atoms with van der Waals surface area (Å²) in [5.41, 5.74) is 4.00. The van der Waals surface area contributed by atoms with Crippen molar-refractivity contribution in [2.45, 2.75) is 44.2 Å². The van der Waals surface area contributed by atoms with Gasteiger partial charge >= 0.3 is 5.97 Å². The second kappa shape index (κ2) is 19.7. The summed E-state index contributed by atoms with van der Waals surface area (Å²) >= 11 is 1.53. The van der Waals surface area contributed by atoms with E-state index in [1.54, 1.807) is 60.7 Å². The largest absolute Gasteiger partial charge is 0.506 e. The van der Waals surface area contributed by atoms with Crippen LogP contribution in [0, 0.1) is 5.92 Å². The number of phenols is 1. The van der Waals surface area contributed by atoms with Gasteiger partial charge in [-0.25, -0.2) is 4.79 Å². The average molecular weight is 863 g/mol. The van der Waals surface area contributed by atoms with Crippen LogP contribution in [-0.4, -0.2) is 63.3 Å². The summed E-state index contributed by atoms with van der Waals surface area (Å²) in [4.78, 5) is 44.6. The van der Waals surface area contributed by atoms with E-state index < -0.39 is 17.7 Å². The molecule has 0 spiro atoms. The number of aliphatic hydroxyl groups excluding tert-OH is 1. The van der Waals surface area contributed by atoms with Gasteiger partial charge in [-0.2, -0.15) is 0 Å². The van der Waals surface area contributed by atoms with Crippen LogP contribution in [0.25, 0.3) is 22.0 Å². The predicted octanol–water partition coefficient (Wildman–Crippen LogP) is 7.41. The van der Waals surface area contributed by atoms with Crippen molar-refractivity contribution in [2.75, 3.05) is 26.2 Å². The average Bonchev–Trinajstić information content (AvgIpc) is 3.80. The normalized spacial score (nSPS) is 14.8. The van der Waals surface area contributed by atoms with E-state index in [4.69, 9.17) is 4.74 Å². The molecule has 0 saturated carbocycles. The van der Waals surface area contributed by atoms with E-state index in [2.05, 4.69) is 44.8 Å². The molecular formula is C51H50N4O7S. The first kappa shape index (κ1) is 43.2. The Balaban J connectivity index is 0.826. The third-order valence-electron chi connectivity index (χ3n) is 11.8. The smallest absolute Gasteiger partial charge is 0.347 e. The molecule has 1 saturated heterocycles. The fourth-order valence-electron chi connectivity index (χ4n) is 8.12. The van der Waals surface area contributed by atoms with Crippen LogP contribution < -0.4 is 16.2 Å². The number of ether oxygens (including phenoxy) is 1. The van der Waals surface area contributed by atoms with Gasteiger partial charge in [0.15, 0.2) is 0 Å². The number of thiophene rings is 1. The van der Waals surface area contributed by atoms with Crippen LogP contribution in [0.1, 0.15) is 62.0 Å². The third kappa shape index (κ3) is 10.3. The number of hydrogen-bond donors (Lipinski definition) is 6. The van der Waals surface area contributed by atoms with Crippen LogP contribution in [0.2, 0.25) is 0 Å². The van der Waals surface area contributed by atoms with E-state index in [9.17, 15) is 29.7 Å². The minimum absolute atomic E-state index is 0.0636. The third-order valence-corrected chi connectivity index (χ3v) is 12.7. The van der Waals surface area contributed by atoms with Gasteiger partial charge in [-0.3, -0.25) is 14.5 Å². The molecule has 0 radical (unpaired) electrons.